The van der Waals surface area contributed by atoms with E-state index in [0.717, 1.165) is 29.6 Å². The van der Waals surface area contributed by atoms with E-state index in [1.807, 2.05) is 11.8 Å². The van der Waals surface area contributed by atoms with Gasteiger partial charge < -0.3 is 4.90 Å². The molecule has 4 unspecified atom stereocenters. The highest BCUT2D eigenvalue weighted by Gasteiger charge is 2.40. The van der Waals surface area contributed by atoms with E-state index in [1.54, 1.807) is 0 Å². The number of nitrogens with zero attached hydrogens (tertiary/aromatic N) is 2. The summed E-state index contributed by atoms with van der Waals surface area (Å²) in [5, 5.41) is 3.00. The van der Waals surface area contributed by atoms with Crippen LogP contribution in [-0.4, -0.2) is 40.8 Å². The maximum atomic E-state index is 4.67. The molecule has 0 aromatic carbocycles. The van der Waals surface area contributed by atoms with Gasteiger partial charge in [0.15, 0.2) is 5.17 Å². The van der Waals surface area contributed by atoms with Crippen molar-refractivity contribution in [2.45, 2.75) is 30.9 Å². The lowest BCUT2D eigenvalue weighted by molar-refractivity contribution is 0.278. The van der Waals surface area contributed by atoms with E-state index in [1.165, 1.54) is 37.4 Å². The number of halogens is 1. The number of hydrogen-bond acceptors (Lipinski definition) is 3. The Hall–Kier alpha value is 0.300. The number of rotatable bonds is 3. The lowest BCUT2D eigenvalue weighted by atomic mass is 9.88. The predicted octanol–water partition coefficient (Wildman–Crippen LogP) is 3.22. The Morgan fingerprint density at radius 1 is 1.41 bits per heavy atom. The van der Waals surface area contributed by atoms with Gasteiger partial charge in [-0.2, -0.15) is 0 Å². The molecule has 96 valence electrons. The van der Waals surface area contributed by atoms with Crippen molar-refractivity contribution >= 4 is 32.9 Å². The van der Waals surface area contributed by atoms with Gasteiger partial charge in [-0.15, -0.1) is 0 Å². The lowest BCUT2D eigenvalue weighted by Crippen LogP contribution is -2.31. The van der Waals surface area contributed by atoms with Gasteiger partial charge >= 0.3 is 0 Å². The fourth-order valence-electron chi connectivity index (χ4n) is 3.72. The third-order valence-electron chi connectivity index (χ3n) is 4.59. The van der Waals surface area contributed by atoms with Crippen molar-refractivity contribution in [3.05, 3.63) is 0 Å². The molecule has 0 N–H and O–H groups in total. The van der Waals surface area contributed by atoms with Gasteiger partial charge in [0.2, 0.25) is 0 Å². The van der Waals surface area contributed by atoms with E-state index in [0.29, 0.717) is 5.25 Å². The third kappa shape index (κ3) is 2.53. The molecule has 3 aliphatic rings. The summed E-state index contributed by atoms with van der Waals surface area (Å²) in [7, 11) is 2.23. The second kappa shape index (κ2) is 5.12. The summed E-state index contributed by atoms with van der Waals surface area (Å²) >= 11 is 5.51. The molecular formula is C13H21BrN2S. The van der Waals surface area contributed by atoms with Crippen LogP contribution in [0, 0.1) is 17.8 Å². The number of hydrogen-bond donors (Lipinski definition) is 0. The number of fused-ring (bicyclic) bond motifs is 2. The van der Waals surface area contributed by atoms with E-state index < -0.39 is 0 Å². The summed E-state index contributed by atoms with van der Waals surface area (Å²) in [5.41, 5.74) is 0. The molecule has 2 nitrogen and oxygen atoms in total. The number of alkyl halides is 1. The molecule has 2 saturated carbocycles. The Kier molecular flexibility index (Phi) is 3.72. The fourth-order valence-corrected chi connectivity index (χ4v) is 5.24. The number of amidine groups is 1. The first-order valence-electron chi connectivity index (χ1n) is 6.74. The molecule has 3 rings (SSSR count). The van der Waals surface area contributed by atoms with Crippen LogP contribution in [0.4, 0.5) is 0 Å². The molecule has 0 aromatic rings. The summed E-state index contributed by atoms with van der Waals surface area (Å²) in [6, 6.07) is 0. The van der Waals surface area contributed by atoms with Crippen LogP contribution in [-0.2, 0) is 0 Å². The van der Waals surface area contributed by atoms with Crippen molar-refractivity contribution in [2.24, 2.45) is 22.7 Å². The minimum atomic E-state index is 0.660. The van der Waals surface area contributed by atoms with Crippen molar-refractivity contribution in [1.29, 1.82) is 0 Å². The molecule has 0 spiro atoms. The molecule has 0 amide bonds. The molecule has 2 fully saturated rings. The zero-order valence-corrected chi connectivity index (χ0v) is 12.8. The monoisotopic (exact) mass is 316 g/mol. The van der Waals surface area contributed by atoms with Crippen LogP contribution in [0.2, 0.25) is 0 Å². The highest BCUT2D eigenvalue weighted by atomic mass is 79.9. The first-order chi connectivity index (χ1) is 8.26. The van der Waals surface area contributed by atoms with E-state index in [-0.39, 0.29) is 0 Å². The predicted molar refractivity (Wildman–Crippen MR) is 79.0 cm³/mol. The highest BCUT2D eigenvalue weighted by Crippen LogP contribution is 2.48. The maximum absolute atomic E-state index is 4.67. The fraction of sp³-hybridized carbons (Fsp3) is 0.923. The van der Waals surface area contributed by atoms with Crippen molar-refractivity contribution in [3.8, 4) is 0 Å². The van der Waals surface area contributed by atoms with E-state index in [2.05, 4.69) is 32.9 Å². The van der Waals surface area contributed by atoms with Gasteiger partial charge in [-0.25, -0.2) is 0 Å². The number of thioether (sulfide) groups is 1. The molecule has 0 radical (unpaired) electrons. The number of aliphatic imine (C=N–C) groups is 1. The van der Waals surface area contributed by atoms with E-state index >= 15 is 0 Å². The standard InChI is InChI=1S/C13H21BrN2S/c1-16(13-15-7-12(6-14)17-13)8-11-5-9-2-3-10(11)4-9/h9-12H,2-8H2,1H3. The van der Waals surface area contributed by atoms with Crippen LogP contribution in [0.3, 0.4) is 0 Å². The van der Waals surface area contributed by atoms with Crippen LogP contribution in [0.5, 0.6) is 0 Å². The second-order valence-electron chi connectivity index (χ2n) is 5.83. The molecule has 1 heterocycles. The summed E-state index contributed by atoms with van der Waals surface area (Å²) in [5.74, 6) is 3.04. The zero-order chi connectivity index (χ0) is 11.8. The SMILES string of the molecule is CN(CC1CC2CCC1C2)C1=NCC(CBr)S1. The Labute approximate surface area is 117 Å². The minimum absolute atomic E-state index is 0.660. The Morgan fingerprint density at radius 2 is 2.29 bits per heavy atom. The van der Waals surface area contributed by atoms with Gasteiger partial charge in [0.1, 0.15) is 0 Å². The van der Waals surface area contributed by atoms with Gasteiger partial charge in [0.25, 0.3) is 0 Å². The van der Waals surface area contributed by atoms with Crippen molar-refractivity contribution < 1.29 is 0 Å². The maximum Gasteiger partial charge on any atom is 0.159 e. The average molecular weight is 317 g/mol. The zero-order valence-electron chi connectivity index (χ0n) is 10.4. The van der Waals surface area contributed by atoms with E-state index in [9.17, 15) is 0 Å². The molecule has 17 heavy (non-hydrogen) atoms. The molecule has 0 aromatic heterocycles. The minimum Gasteiger partial charge on any atom is -0.354 e. The van der Waals surface area contributed by atoms with Gasteiger partial charge in [-0.05, 0) is 37.0 Å². The lowest BCUT2D eigenvalue weighted by Gasteiger charge is -2.28. The summed E-state index contributed by atoms with van der Waals surface area (Å²) < 4.78 is 0. The quantitative estimate of drug-likeness (QED) is 0.743. The Balaban J connectivity index is 1.52. The Bertz CT molecular complexity index is 321. The third-order valence-corrected chi connectivity index (χ3v) is 7.10. The normalized spacial score (nSPS) is 39.8. The van der Waals surface area contributed by atoms with Crippen LogP contribution in [0.15, 0.2) is 4.99 Å². The van der Waals surface area contributed by atoms with Gasteiger partial charge in [-0.1, -0.05) is 34.1 Å². The molecule has 0 saturated heterocycles. The van der Waals surface area contributed by atoms with Crippen molar-refractivity contribution in [3.63, 3.8) is 0 Å². The van der Waals surface area contributed by atoms with Crippen LogP contribution in [0.25, 0.3) is 0 Å². The molecule has 2 bridgehead atoms. The largest absolute Gasteiger partial charge is 0.354 e. The van der Waals surface area contributed by atoms with Gasteiger partial charge in [0, 0.05) is 24.2 Å². The summed E-state index contributed by atoms with van der Waals surface area (Å²) in [6.07, 6.45) is 6.00. The molecule has 4 atom stereocenters. The van der Waals surface area contributed by atoms with Crippen molar-refractivity contribution in [1.82, 2.24) is 4.90 Å². The molecular weight excluding hydrogens is 296 g/mol. The van der Waals surface area contributed by atoms with Crippen LogP contribution < -0.4 is 0 Å². The van der Waals surface area contributed by atoms with Crippen LogP contribution in [0.1, 0.15) is 25.7 Å². The van der Waals surface area contributed by atoms with Crippen molar-refractivity contribution in [2.75, 3.05) is 25.5 Å². The second-order valence-corrected chi connectivity index (χ2v) is 7.75. The van der Waals surface area contributed by atoms with E-state index in [4.69, 9.17) is 0 Å². The van der Waals surface area contributed by atoms with Crippen LogP contribution >= 0.6 is 27.7 Å². The Morgan fingerprint density at radius 3 is 2.88 bits per heavy atom. The smallest absolute Gasteiger partial charge is 0.159 e. The molecule has 2 aliphatic carbocycles. The van der Waals surface area contributed by atoms with Gasteiger partial charge in [-0.3, -0.25) is 4.99 Å². The first-order valence-corrected chi connectivity index (χ1v) is 8.74. The highest BCUT2D eigenvalue weighted by molar-refractivity contribution is 9.09. The topological polar surface area (TPSA) is 15.6 Å². The van der Waals surface area contributed by atoms with Gasteiger partial charge in [0.05, 0.1) is 6.54 Å². The average Bonchev–Trinajstić information content (AvgIpc) is 3.04. The summed E-state index contributed by atoms with van der Waals surface area (Å²) in [6.45, 7) is 2.23. The molecule has 1 aliphatic heterocycles. The summed E-state index contributed by atoms with van der Waals surface area (Å²) in [4.78, 5) is 7.08. The molecule has 4 heteroatoms. The first kappa shape index (κ1) is 12.3.